The average molecular weight is 303 g/mol. The Morgan fingerprint density at radius 1 is 0.952 bits per heavy atom. The second-order valence-electron chi connectivity index (χ2n) is 4.15. The van der Waals surface area contributed by atoms with Crippen LogP contribution in [0.2, 0.25) is 0 Å². The van der Waals surface area contributed by atoms with Crippen molar-refractivity contribution in [2.45, 2.75) is 12.9 Å². The Bertz CT molecular complexity index is 607. The number of nitrogens with one attached hydrogen (secondary N) is 1. The molecule has 0 atom stereocenters. The van der Waals surface area contributed by atoms with Crippen molar-refractivity contribution in [3.63, 3.8) is 0 Å². The van der Waals surface area contributed by atoms with Gasteiger partial charge in [-0.05, 0) is 29.8 Å². The average Bonchev–Trinajstić information content (AvgIpc) is 2.36. The lowest BCUT2D eigenvalue weighted by Crippen LogP contribution is -2.17. The molecule has 21 heavy (non-hydrogen) atoms. The van der Waals surface area contributed by atoms with Crippen molar-refractivity contribution in [3.8, 4) is 5.75 Å². The zero-order valence-electron chi connectivity index (χ0n) is 10.5. The summed E-state index contributed by atoms with van der Waals surface area (Å²) in [4.78, 5) is 0. The number of anilines is 1. The van der Waals surface area contributed by atoms with E-state index in [1.165, 1.54) is 18.2 Å². The topological polar surface area (TPSA) is 21.3 Å². The van der Waals surface area contributed by atoms with E-state index in [1.54, 1.807) is 0 Å². The van der Waals surface area contributed by atoms with Crippen molar-refractivity contribution < 1.29 is 26.7 Å². The third kappa shape index (κ3) is 4.34. The lowest BCUT2D eigenvalue weighted by molar-refractivity contribution is -0.274. The van der Waals surface area contributed by atoms with Crippen LogP contribution >= 0.6 is 0 Å². The number of para-hydroxylation sites is 1. The Morgan fingerprint density at radius 2 is 1.57 bits per heavy atom. The molecule has 0 aliphatic rings. The second-order valence-corrected chi connectivity index (χ2v) is 4.15. The van der Waals surface area contributed by atoms with E-state index in [2.05, 4.69) is 10.1 Å². The molecule has 2 aromatic rings. The van der Waals surface area contributed by atoms with Gasteiger partial charge in [0.25, 0.3) is 0 Å². The van der Waals surface area contributed by atoms with Gasteiger partial charge in [-0.25, -0.2) is 8.78 Å². The zero-order valence-corrected chi connectivity index (χ0v) is 10.5. The van der Waals surface area contributed by atoms with Crippen molar-refractivity contribution in [1.82, 2.24) is 0 Å². The number of rotatable bonds is 4. The number of halogens is 5. The van der Waals surface area contributed by atoms with E-state index in [0.717, 1.165) is 24.3 Å². The first-order valence-electron chi connectivity index (χ1n) is 5.88. The molecular formula is C14H10F5NO. The molecule has 0 bridgehead atoms. The van der Waals surface area contributed by atoms with Crippen LogP contribution in [0.3, 0.4) is 0 Å². The Kier molecular flexibility index (Phi) is 4.30. The van der Waals surface area contributed by atoms with Gasteiger partial charge in [-0.15, -0.1) is 13.2 Å². The predicted octanol–water partition coefficient (Wildman–Crippen LogP) is 4.48. The smallest absolute Gasteiger partial charge is 0.406 e. The molecule has 0 amide bonds. The van der Waals surface area contributed by atoms with Gasteiger partial charge in [0.05, 0.1) is 0 Å². The van der Waals surface area contributed by atoms with E-state index in [1.807, 2.05) is 0 Å². The summed E-state index contributed by atoms with van der Waals surface area (Å²) < 4.78 is 66.8. The Labute approximate surface area is 117 Å². The Balaban J connectivity index is 2.09. The SMILES string of the molecule is Fc1cccc(F)c1NCc1cccc(OC(F)(F)F)c1. The van der Waals surface area contributed by atoms with Crippen molar-refractivity contribution in [2.24, 2.45) is 0 Å². The molecular weight excluding hydrogens is 293 g/mol. The molecule has 1 N–H and O–H groups in total. The highest BCUT2D eigenvalue weighted by atomic mass is 19.4. The van der Waals surface area contributed by atoms with E-state index in [-0.39, 0.29) is 12.2 Å². The van der Waals surface area contributed by atoms with Crippen molar-refractivity contribution in [3.05, 3.63) is 59.7 Å². The highest BCUT2D eigenvalue weighted by Crippen LogP contribution is 2.24. The largest absolute Gasteiger partial charge is 0.573 e. The van der Waals surface area contributed by atoms with E-state index in [4.69, 9.17) is 0 Å². The minimum Gasteiger partial charge on any atom is -0.406 e. The van der Waals surface area contributed by atoms with Gasteiger partial charge in [-0.1, -0.05) is 18.2 Å². The van der Waals surface area contributed by atoms with Crippen LogP contribution in [-0.4, -0.2) is 6.36 Å². The molecule has 0 spiro atoms. The first kappa shape index (κ1) is 15.1. The quantitative estimate of drug-likeness (QED) is 0.841. The molecule has 2 nitrogen and oxygen atoms in total. The van der Waals surface area contributed by atoms with Crippen LogP contribution in [0.5, 0.6) is 5.75 Å². The van der Waals surface area contributed by atoms with E-state index >= 15 is 0 Å². The van der Waals surface area contributed by atoms with Gasteiger partial charge in [0.2, 0.25) is 0 Å². The van der Waals surface area contributed by atoms with E-state index in [0.29, 0.717) is 5.56 Å². The molecule has 0 heterocycles. The second kappa shape index (κ2) is 5.99. The minimum absolute atomic E-state index is 0.0487. The van der Waals surface area contributed by atoms with Gasteiger partial charge >= 0.3 is 6.36 Å². The molecule has 112 valence electrons. The maximum Gasteiger partial charge on any atom is 0.573 e. The lowest BCUT2D eigenvalue weighted by atomic mass is 10.2. The maximum absolute atomic E-state index is 13.4. The highest BCUT2D eigenvalue weighted by molar-refractivity contribution is 5.46. The molecule has 2 aromatic carbocycles. The zero-order chi connectivity index (χ0) is 15.5. The third-order valence-corrected chi connectivity index (χ3v) is 2.56. The van der Waals surface area contributed by atoms with Gasteiger partial charge in [-0.2, -0.15) is 0 Å². The van der Waals surface area contributed by atoms with Crippen LogP contribution in [0.4, 0.5) is 27.6 Å². The summed E-state index contributed by atoms with van der Waals surface area (Å²) >= 11 is 0. The lowest BCUT2D eigenvalue weighted by Gasteiger charge is -2.11. The summed E-state index contributed by atoms with van der Waals surface area (Å²) in [6.45, 7) is -0.0487. The van der Waals surface area contributed by atoms with Crippen LogP contribution in [-0.2, 0) is 6.54 Å². The van der Waals surface area contributed by atoms with Gasteiger partial charge in [-0.3, -0.25) is 0 Å². The summed E-state index contributed by atoms with van der Waals surface area (Å²) in [7, 11) is 0. The summed E-state index contributed by atoms with van der Waals surface area (Å²) in [5, 5.41) is 2.50. The summed E-state index contributed by atoms with van der Waals surface area (Å²) in [5.41, 5.74) is 0.0547. The van der Waals surface area contributed by atoms with Gasteiger partial charge in [0.1, 0.15) is 23.1 Å². The number of hydrogen-bond acceptors (Lipinski definition) is 2. The molecule has 0 aliphatic heterocycles. The molecule has 0 unspecified atom stereocenters. The monoisotopic (exact) mass is 303 g/mol. The van der Waals surface area contributed by atoms with Crippen LogP contribution in [0.25, 0.3) is 0 Å². The first-order valence-corrected chi connectivity index (χ1v) is 5.88. The number of ether oxygens (including phenoxy) is 1. The normalized spacial score (nSPS) is 11.3. The highest BCUT2D eigenvalue weighted by Gasteiger charge is 2.31. The third-order valence-electron chi connectivity index (χ3n) is 2.56. The minimum atomic E-state index is -4.79. The first-order chi connectivity index (χ1) is 9.85. The summed E-state index contributed by atoms with van der Waals surface area (Å²) in [5.74, 6) is -1.95. The van der Waals surface area contributed by atoms with Crippen LogP contribution in [0.15, 0.2) is 42.5 Å². The standard InChI is InChI=1S/C14H10F5NO/c15-11-5-2-6-12(16)13(11)20-8-9-3-1-4-10(7-9)21-14(17,18)19/h1-7,20H,8H2. The molecule has 0 saturated carbocycles. The van der Waals surface area contributed by atoms with Crippen LogP contribution < -0.4 is 10.1 Å². The predicted molar refractivity (Wildman–Crippen MR) is 66.8 cm³/mol. The molecule has 0 radical (unpaired) electrons. The van der Waals surface area contributed by atoms with E-state index in [9.17, 15) is 22.0 Å². The van der Waals surface area contributed by atoms with E-state index < -0.39 is 23.7 Å². The number of hydrogen-bond donors (Lipinski definition) is 1. The fourth-order valence-electron chi connectivity index (χ4n) is 1.71. The van der Waals surface area contributed by atoms with Crippen molar-refractivity contribution in [1.29, 1.82) is 0 Å². The van der Waals surface area contributed by atoms with Crippen LogP contribution in [0.1, 0.15) is 5.56 Å². The molecule has 0 saturated heterocycles. The van der Waals surface area contributed by atoms with Gasteiger partial charge in [0, 0.05) is 6.54 Å². The fourth-order valence-corrected chi connectivity index (χ4v) is 1.71. The Hall–Kier alpha value is -2.31. The van der Waals surface area contributed by atoms with Gasteiger partial charge in [0.15, 0.2) is 0 Å². The number of benzene rings is 2. The molecule has 0 aliphatic carbocycles. The number of alkyl halides is 3. The molecule has 2 rings (SSSR count). The molecule has 0 aromatic heterocycles. The van der Waals surface area contributed by atoms with Crippen LogP contribution in [0, 0.1) is 11.6 Å². The van der Waals surface area contributed by atoms with Crippen molar-refractivity contribution >= 4 is 5.69 Å². The summed E-state index contributed by atoms with van der Waals surface area (Å²) in [6.07, 6.45) is -4.79. The Morgan fingerprint density at radius 3 is 2.19 bits per heavy atom. The molecule has 0 fully saturated rings. The maximum atomic E-state index is 13.4. The molecule has 7 heteroatoms. The van der Waals surface area contributed by atoms with Gasteiger partial charge < -0.3 is 10.1 Å². The summed E-state index contributed by atoms with van der Waals surface area (Å²) in [6, 6.07) is 8.52. The fraction of sp³-hybridized carbons (Fsp3) is 0.143. The van der Waals surface area contributed by atoms with Crippen molar-refractivity contribution in [2.75, 3.05) is 5.32 Å².